The number of rotatable bonds is 8. The summed E-state index contributed by atoms with van der Waals surface area (Å²) in [5.41, 5.74) is 2.55. The molecule has 1 aliphatic rings. The minimum absolute atomic E-state index is 0.0243. The van der Waals surface area contributed by atoms with Crippen LogP contribution < -0.4 is 0 Å². The molecule has 0 spiro atoms. The topological polar surface area (TPSA) is 40.6 Å². The second-order valence-corrected chi connectivity index (χ2v) is 9.90. The molecule has 0 radical (unpaired) electrons. The van der Waals surface area contributed by atoms with Gasteiger partial charge in [-0.15, -0.1) is 11.3 Å². The number of benzene rings is 2. The summed E-state index contributed by atoms with van der Waals surface area (Å²) in [6.07, 6.45) is 1.82. The molecule has 0 N–H and O–H groups in total. The largest absolute Gasteiger partial charge is 0.332 e. The van der Waals surface area contributed by atoms with E-state index in [2.05, 4.69) is 15.9 Å². The van der Waals surface area contributed by atoms with Crippen molar-refractivity contribution in [1.82, 2.24) is 9.80 Å². The van der Waals surface area contributed by atoms with Gasteiger partial charge in [0.15, 0.2) is 0 Å². The summed E-state index contributed by atoms with van der Waals surface area (Å²) in [6, 6.07) is 15.6. The van der Waals surface area contributed by atoms with Crippen LogP contribution in [0.15, 0.2) is 64.5 Å². The summed E-state index contributed by atoms with van der Waals surface area (Å²) in [5, 5.41) is 2.01. The van der Waals surface area contributed by atoms with Crippen LogP contribution in [-0.2, 0) is 17.9 Å². The van der Waals surface area contributed by atoms with Crippen molar-refractivity contribution in [3.8, 4) is 0 Å². The first-order chi connectivity index (χ1) is 15.4. The molecule has 3 aromatic rings. The summed E-state index contributed by atoms with van der Waals surface area (Å²) in [6.45, 7) is 2.87. The molecule has 0 saturated heterocycles. The lowest BCUT2D eigenvalue weighted by molar-refractivity contribution is -0.133. The van der Waals surface area contributed by atoms with E-state index in [0.29, 0.717) is 18.7 Å². The Morgan fingerprint density at radius 3 is 2.41 bits per heavy atom. The number of hydrogen-bond donors (Lipinski definition) is 0. The Bertz CT molecular complexity index is 1110. The van der Waals surface area contributed by atoms with Crippen LogP contribution in [0.1, 0.15) is 39.2 Å². The number of thiophene rings is 1. The highest BCUT2D eigenvalue weighted by Crippen LogP contribution is 2.30. The van der Waals surface area contributed by atoms with Gasteiger partial charge < -0.3 is 9.80 Å². The van der Waals surface area contributed by atoms with Gasteiger partial charge in [-0.25, -0.2) is 4.39 Å². The van der Waals surface area contributed by atoms with Crippen molar-refractivity contribution in [1.29, 1.82) is 0 Å². The van der Waals surface area contributed by atoms with Crippen LogP contribution in [0.25, 0.3) is 0 Å². The first kappa shape index (κ1) is 22.7. The summed E-state index contributed by atoms with van der Waals surface area (Å²) >= 11 is 5.07. The van der Waals surface area contributed by atoms with Crippen LogP contribution in [0.4, 0.5) is 4.39 Å². The molecule has 4 nitrogen and oxygen atoms in total. The van der Waals surface area contributed by atoms with Crippen molar-refractivity contribution >= 4 is 39.1 Å². The quantitative estimate of drug-likeness (QED) is 0.381. The highest BCUT2D eigenvalue weighted by molar-refractivity contribution is 9.10. The molecule has 0 bridgehead atoms. The van der Waals surface area contributed by atoms with E-state index in [0.717, 1.165) is 33.3 Å². The highest BCUT2D eigenvalue weighted by Gasteiger charge is 2.36. The summed E-state index contributed by atoms with van der Waals surface area (Å²) in [7, 11) is 0. The molecule has 1 aromatic heterocycles. The fourth-order valence-corrected chi connectivity index (χ4v) is 4.95. The molecule has 32 heavy (non-hydrogen) atoms. The Kier molecular flexibility index (Phi) is 7.06. The lowest BCUT2D eigenvalue weighted by atomic mass is 10.1. The smallest absolute Gasteiger partial charge is 0.255 e. The molecular formula is C25H24BrFN2O2S. The van der Waals surface area contributed by atoms with Gasteiger partial charge in [0.1, 0.15) is 12.4 Å². The molecule has 7 heteroatoms. The number of carbonyl (C=O) groups excluding carboxylic acids is 2. The lowest BCUT2D eigenvalue weighted by Crippen LogP contribution is -2.43. The molecule has 2 aromatic carbocycles. The van der Waals surface area contributed by atoms with E-state index in [1.807, 2.05) is 36.6 Å². The third-order valence-electron chi connectivity index (χ3n) is 5.60. The maximum Gasteiger partial charge on any atom is 0.255 e. The monoisotopic (exact) mass is 514 g/mol. The third kappa shape index (κ3) is 5.45. The van der Waals surface area contributed by atoms with Gasteiger partial charge in [-0.05, 0) is 82.5 Å². The first-order valence-corrected chi connectivity index (χ1v) is 12.2. The number of aryl methyl sites for hydroxylation is 1. The van der Waals surface area contributed by atoms with Gasteiger partial charge in [0, 0.05) is 21.9 Å². The van der Waals surface area contributed by atoms with Crippen LogP contribution >= 0.6 is 27.3 Å². The van der Waals surface area contributed by atoms with Crippen LogP contribution in [0, 0.1) is 12.7 Å². The molecule has 0 aliphatic heterocycles. The van der Waals surface area contributed by atoms with Crippen molar-refractivity contribution in [2.45, 2.75) is 38.9 Å². The Morgan fingerprint density at radius 1 is 1.06 bits per heavy atom. The third-order valence-corrected chi connectivity index (χ3v) is 7.30. The van der Waals surface area contributed by atoms with Gasteiger partial charge in [0.05, 0.1) is 12.1 Å². The zero-order valence-corrected chi connectivity index (χ0v) is 20.2. The van der Waals surface area contributed by atoms with Gasteiger partial charge in [0.2, 0.25) is 5.91 Å². The summed E-state index contributed by atoms with van der Waals surface area (Å²) < 4.78 is 14.1. The predicted octanol–water partition coefficient (Wildman–Crippen LogP) is 5.79. The maximum absolute atomic E-state index is 13.5. The maximum atomic E-state index is 13.5. The predicted molar refractivity (Wildman–Crippen MR) is 128 cm³/mol. The fraction of sp³-hybridized carbons (Fsp3) is 0.280. The average molecular weight is 515 g/mol. The summed E-state index contributed by atoms with van der Waals surface area (Å²) in [4.78, 5) is 31.3. The zero-order chi connectivity index (χ0) is 22.7. The fourth-order valence-electron chi connectivity index (χ4n) is 3.57. The van der Waals surface area contributed by atoms with Crippen LogP contribution in [-0.4, -0.2) is 34.2 Å². The minimum Gasteiger partial charge on any atom is -0.332 e. The average Bonchev–Trinajstić information content (AvgIpc) is 3.55. The Hall–Kier alpha value is -2.51. The number of nitrogens with zero attached hydrogens (tertiary/aromatic N) is 2. The normalized spacial score (nSPS) is 13.1. The van der Waals surface area contributed by atoms with Crippen molar-refractivity contribution in [2.75, 3.05) is 6.54 Å². The molecule has 2 amide bonds. The van der Waals surface area contributed by atoms with Crippen molar-refractivity contribution < 1.29 is 14.0 Å². The van der Waals surface area contributed by atoms with Gasteiger partial charge in [-0.2, -0.15) is 0 Å². The number of hydrogen-bond acceptors (Lipinski definition) is 3. The Morgan fingerprint density at radius 2 is 1.78 bits per heavy atom. The van der Waals surface area contributed by atoms with Gasteiger partial charge >= 0.3 is 0 Å². The molecular weight excluding hydrogens is 491 g/mol. The first-order valence-electron chi connectivity index (χ1n) is 10.5. The van der Waals surface area contributed by atoms with Crippen molar-refractivity contribution in [3.63, 3.8) is 0 Å². The van der Waals surface area contributed by atoms with Crippen LogP contribution in [0.2, 0.25) is 0 Å². The second-order valence-electron chi connectivity index (χ2n) is 8.05. The lowest BCUT2D eigenvalue weighted by Gasteiger charge is -2.28. The molecule has 1 fully saturated rings. The van der Waals surface area contributed by atoms with E-state index in [9.17, 15) is 14.0 Å². The van der Waals surface area contributed by atoms with E-state index in [-0.39, 0.29) is 30.2 Å². The molecule has 1 saturated carbocycles. The van der Waals surface area contributed by atoms with Gasteiger partial charge in [0.25, 0.3) is 5.91 Å². The Labute approximate surface area is 199 Å². The van der Waals surface area contributed by atoms with Gasteiger partial charge in [-0.3, -0.25) is 9.59 Å². The SMILES string of the molecule is Cc1ccsc1CN(Cc1ccc(F)cc1)C(=O)CN(C(=O)c1ccccc1Br)C1CC1. The number of halogens is 2. The second kappa shape index (κ2) is 9.96. The highest BCUT2D eigenvalue weighted by atomic mass is 79.9. The zero-order valence-electron chi connectivity index (χ0n) is 17.8. The minimum atomic E-state index is -0.306. The number of amides is 2. The molecule has 4 rings (SSSR count). The van der Waals surface area contributed by atoms with Crippen LogP contribution in [0.5, 0.6) is 0 Å². The standard InChI is InChI=1S/C25H24BrFN2O2S/c1-17-12-13-32-23(17)15-28(14-18-6-8-19(27)9-7-18)24(30)16-29(20-10-11-20)25(31)21-4-2-3-5-22(21)26/h2-9,12-13,20H,10-11,14-16H2,1H3. The molecule has 1 heterocycles. The van der Waals surface area contributed by atoms with E-state index in [4.69, 9.17) is 0 Å². The van der Waals surface area contributed by atoms with E-state index in [1.54, 1.807) is 39.3 Å². The molecule has 166 valence electrons. The number of carbonyl (C=O) groups is 2. The van der Waals surface area contributed by atoms with Crippen molar-refractivity contribution in [3.05, 3.63) is 91.8 Å². The molecule has 1 aliphatic carbocycles. The summed E-state index contributed by atoms with van der Waals surface area (Å²) in [5.74, 6) is -0.559. The van der Waals surface area contributed by atoms with Crippen molar-refractivity contribution in [2.24, 2.45) is 0 Å². The molecule has 0 unspecified atom stereocenters. The van der Waals surface area contributed by atoms with Gasteiger partial charge in [-0.1, -0.05) is 24.3 Å². The van der Waals surface area contributed by atoms with Crippen LogP contribution in [0.3, 0.4) is 0 Å². The molecule has 0 atom stereocenters. The van der Waals surface area contributed by atoms with E-state index in [1.165, 1.54) is 12.1 Å². The van der Waals surface area contributed by atoms with E-state index >= 15 is 0 Å². The Balaban J connectivity index is 1.55. The van der Waals surface area contributed by atoms with E-state index < -0.39 is 0 Å².